The van der Waals surface area contributed by atoms with Crippen molar-refractivity contribution in [3.63, 3.8) is 0 Å². The van der Waals surface area contributed by atoms with Gasteiger partial charge in [0.2, 0.25) is 11.8 Å². The van der Waals surface area contributed by atoms with Crippen LogP contribution in [0.2, 0.25) is 0 Å². The molecule has 37 heavy (non-hydrogen) atoms. The van der Waals surface area contributed by atoms with Gasteiger partial charge in [-0.25, -0.2) is 9.78 Å². The van der Waals surface area contributed by atoms with E-state index in [1.54, 1.807) is 0 Å². The monoisotopic (exact) mass is 496 g/mol. The van der Waals surface area contributed by atoms with Crippen molar-refractivity contribution in [2.24, 2.45) is 0 Å². The van der Waals surface area contributed by atoms with Crippen LogP contribution < -0.4 is 14.8 Å². The van der Waals surface area contributed by atoms with Crippen LogP contribution >= 0.6 is 0 Å². The van der Waals surface area contributed by atoms with E-state index in [4.69, 9.17) is 19.6 Å². The highest BCUT2D eigenvalue weighted by Crippen LogP contribution is 2.29. The Morgan fingerprint density at radius 3 is 2.30 bits per heavy atom. The summed E-state index contributed by atoms with van der Waals surface area (Å²) in [5.74, 6) is 0.374. The molecule has 0 aliphatic carbocycles. The summed E-state index contributed by atoms with van der Waals surface area (Å²) in [7, 11) is 0. The van der Waals surface area contributed by atoms with Gasteiger partial charge in [0.25, 0.3) is 0 Å². The van der Waals surface area contributed by atoms with Gasteiger partial charge >= 0.3 is 5.97 Å². The van der Waals surface area contributed by atoms with Crippen molar-refractivity contribution in [1.82, 2.24) is 14.9 Å². The summed E-state index contributed by atoms with van der Waals surface area (Å²) in [5, 5.41) is 12.4. The Hall–Kier alpha value is -4.43. The van der Waals surface area contributed by atoms with Gasteiger partial charge in [-0.2, -0.15) is 4.98 Å². The Bertz CT molecular complexity index is 1330. The number of aliphatic carboxylic acids is 1. The maximum absolute atomic E-state index is 11.2. The first-order chi connectivity index (χ1) is 18.1. The number of hydrogen-bond acceptors (Lipinski definition) is 7. The molecule has 0 fully saturated rings. The number of carbonyl (C=O) groups is 1. The van der Waals surface area contributed by atoms with Crippen molar-refractivity contribution in [3.05, 3.63) is 107 Å². The summed E-state index contributed by atoms with van der Waals surface area (Å²) >= 11 is 0. The zero-order valence-electron chi connectivity index (χ0n) is 20.3. The normalized spacial score (nSPS) is 13.0. The van der Waals surface area contributed by atoms with Gasteiger partial charge in [-0.3, -0.25) is 4.90 Å². The second-order valence-electron chi connectivity index (χ2n) is 8.83. The molecule has 0 bridgehead atoms. The van der Waals surface area contributed by atoms with Crippen LogP contribution in [0.3, 0.4) is 0 Å². The number of benzene rings is 3. The maximum Gasteiger partial charge on any atom is 0.341 e. The van der Waals surface area contributed by atoms with Gasteiger partial charge < -0.3 is 19.9 Å². The highest BCUT2D eigenvalue weighted by atomic mass is 16.5. The second-order valence-corrected chi connectivity index (χ2v) is 8.83. The van der Waals surface area contributed by atoms with Gasteiger partial charge in [0.05, 0.1) is 11.3 Å². The molecule has 8 nitrogen and oxygen atoms in total. The van der Waals surface area contributed by atoms with E-state index < -0.39 is 12.6 Å². The van der Waals surface area contributed by atoms with Crippen LogP contribution in [0.1, 0.15) is 22.4 Å². The third-order valence-electron chi connectivity index (χ3n) is 6.04. The average Bonchev–Trinajstić information content (AvgIpc) is 2.93. The minimum Gasteiger partial charge on any atom is -0.489 e. The molecule has 3 aromatic carbocycles. The number of hydrogen-bond donors (Lipinski definition) is 2. The Balaban J connectivity index is 1.29. The van der Waals surface area contributed by atoms with Gasteiger partial charge in [-0.1, -0.05) is 60.7 Å². The fraction of sp³-hybridized carbons (Fsp3) is 0.207. The molecular weight excluding hydrogens is 468 g/mol. The summed E-state index contributed by atoms with van der Waals surface area (Å²) in [5.41, 5.74) is 4.80. The quantitative estimate of drug-likeness (QED) is 0.323. The predicted molar refractivity (Wildman–Crippen MR) is 140 cm³/mol. The largest absolute Gasteiger partial charge is 0.489 e. The third kappa shape index (κ3) is 6.62. The van der Waals surface area contributed by atoms with Crippen LogP contribution in [0, 0.1) is 0 Å². The molecule has 0 unspecified atom stereocenters. The number of ether oxygens (including phenoxy) is 2. The lowest BCUT2D eigenvalue weighted by Gasteiger charge is -2.29. The molecule has 8 heteroatoms. The first-order valence-corrected chi connectivity index (χ1v) is 12.2. The van der Waals surface area contributed by atoms with Gasteiger partial charge in [0, 0.05) is 31.7 Å². The number of carboxylic acid groups (broad SMARTS) is 1. The molecule has 1 aromatic heterocycles. The minimum absolute atomic E-state index is 0.301. The fourth-order valence-corrected chi connectivity index (χ4v) is 4.23. The van der Waals surface area contributed by atoms with E-state index in [9.17, 15) is 4.79 Å². The number of rotatable bonds is 10. The highest BCUT2D eigenvalue weighted by Gasteiger charge is 2.24. The first kappa shape index (κ1) is 24.3. The smallest absolute Gasteiger partial charge is 0.341 e. The molecule has 4 aromatic rings. The Morgan fingerprint density at radius 1 is 0.892 bits per heavy atom. The molecule has 0 amide bonds. The summed E-state index contributed by atoms with van der Waals surface area (Å²) in [4.78, 5) is 22.7. The number of nitrogens with zero attached hydrogens (tertiary/aromatic N) is 3. The molecule has 2 N–H and O–H groups in total. The Morgan fingerprint density at radius 2 is 1.59 bits per heavy atom. The maximum atomic E-state index is 11.2. The zero-order chi connectivity index (χ0) is 25.5. The van der Waals surface area contributed by atoms with Crippen molar-refractivity contribution in [1.29, 1.82) is 0 Å². The van der Waals surface area contributed by atoms with Crippen molar-refractivity contribution in [3.8, 4) is 11.6 Å². The lowest BCUT2D eigenvalue weighted by molar-refractivity contribution is -0.139. The Kier molecular flexibility index (Phi) is 7.57. The van der Waals surface area contributed by atoms with E-state index in [1.807, 2.05) is 72.8 Å². The summed E-state index contributed by atoms with van der Waals surface area (Å²) in [6, 6.07) is 27.8. The number of nitrogens with one attached hydrogen (secondary N) is 1. The van der Waals surface area contributed by atoms with E-state index in [0.29, 0.717) is 25.0 Å². The summed E-state index contributed by atoms with van der Waals surface area (Å²) in [6.07, 6.45) is 0.717. The molecule has 5 rings (SSSR count). The lowest BCUT2D eigenvalue weighted by atomic mass is 10.1. The van der Waals surface area contributed by atoms with Crippen LogP contribution in [0.5, 0.6) is 11.6 Å². The second kappa shape index (κ2) is 11.5. The number of fused-ring (bicyclic) bond motifs is 1. The van der Waals surface area contributed by atoms with E-state index >= 15 is 0 Å². The summed E-state index contributed by atoms with van der Waals surface area (Å²) in [6.45, 7) is 2.25. The standard InChI is InChI=1S/C29H28N4O4/c34-27(35)20-37-28-25-18-33(17-21-7-3-1-4-8-21)16-15-26(25)31-29(32-28)30-23-11-13-24(14-12-23)36-19-22-9-5-2-6-10-22/h1-14H,15-20H2,(H,34,35)(H,30,31,32). The number of anilines is 2. The van der Waals surface area contributed by atoms with E-state index in [0.717, 1.165) is 47.8 Å². The Labute approximate surface area is 215 Å². The molecule has 0 saturated heterocycles. The highest BCUT2D eigenvalue weighted by molar-refractivity contribution is 5.68. The SMILES string of the molecule is O=C(O)COc1nc(Nc2ccc(OCc3ccccc3)cc2)nc2c1CN(Cc1ccccc1)CC2. The van der Waals surface area contributed by atoms with E-state index in [1.165, 1.54) is 5.56 Å². The minimum atomic E-state index is -1.05. The van der Waals surface area contributed by atoms with Crippen LogP contribution in [0.25, 0.3) is 0 Å². The van der Waals surface area contributed by atoms with Gasteiger partial charge in [0.15, 0.2) is 6.61 Å². The zero-order valence-corrected chi connectivity index (χ0v) is 20.3. The molecule has 1 aliphatic rings. The van der Waals surface area contributed by atoms with Gasteiger partial charge in [-0.05, 0) is 35.4 Å². The van der Waals surface area contributed by atoms with Crippen molar-refractivity contribution in [2.75, 3.05) is 18.5 Å². The molecule has 1 aliphatic heterocycles. The molecular formula is C29H28N4O4. The number of aromatic nitrogens is 2. The third-order valence-corrected chi connectivity index (χ3v) is 6.04. The molecule has 0 spiro atoms. The van der Waals surface area contributed by atoms with Gasteiger partial charge in [-0.15, -0.1) is 0 Å². The molecule has 0 atom stereocenters. The van der Waals surface area contributed by atoms with Crippen LogP contribution in [0.4, 0.5) is 11.6 Å². The fourth-order valence-electron chi connectivity index (χ4n) is 4.23. The van der Waals surface area contributed by atoms with Crippen molar-refractivity contribution >= 4 is 17.6 Å². The molecule has 2 heterocycles. The lowest BCUT2D eigenvalue weighted by Crippen LogP contribution is -2.31. The first-order valence-electron chi connectivity index (χ1n) is 12.2. The molecule has 188 valence electrons. The predicted octanol–water partition coefficient (Wildman–Crippen LogP) is 4.82. The van der Waals surface area contributed by atoms with E-state index in [2.05, 4.69) is 27.3 Å². The molecule has 0 saturated carbocycles. The van der Waals surface area contributed by atoms with Gasteiger partial charge in [0.1, 0.15) is 12.4 Å². The topological polar surface area (TPSA) is 96.8 Å². The van der Waals surface area contributed by atoms with Crippen LogP contribution in [-0.2, 0) is 30.9 Å². The molecule has 0 radical (unpaired) electrons. The van der Waals surface area contributed by atoms with Crippen molar-refractivity contribution in [2.45, 2.75) is 26.1 Å². The average molecular weight is 497 g/mol. The number of carboxylic acids is 1. The summed E-state index contributed by atoms with van der Waals surface area (Å²) < 4.78 is 11.5. The van der Waals surface area contributed by atoms with E-state index in [-0.39, 0.29) is 0 Å². The van der Waals surface area contributed by atoms with Crippen LogP contribution in [0.15, 0.2) is 84.9 Å². The van der Waals surface area contributed by atoms with Crippen LogP contribution in [-0.4, -0.2) is 39.1 Å². The van der Waals surface area contributed by atoms with Crippen molar-refractivity contribution < 1.29 is 19.4 Å².